The number of anilines is 1. The van der Waals surface area contributed by atoms with Crippen LogP contribution in [0.5, 0.6) is 0 Å². The van der Waals surface area contributed by atoms with Gasteiger partial charge in [-0.2, -0.15) is 0 Å². The summed E-state index contributed by atoms with van der Waals surface area (Å²) in [6.45, 7) is 6.68. The molecule has 0 aliphatic carbocycles. The number of nitrogens with one attached hydrogen (secondary N) is 1. The Bertz CT molecular complexity index is 396. The molecule has 1 aromatic carbocycles. The minimum absolute atomic E-state index is 0.498. The molecule has 0 bridgehead atoms. The van der Waals surface area contributed by atoms with Gasteiger partial charge in [0, 0.05) is 27.8 Å². The first-order valence-corrected chi connectivity index (χ1v) is 7.82. The molecule has 0 spiro atoms. The van der Waals surface area contributed by atoms with Crippen LogP contribution >= 0.6 is 23.2 Å². The van der Waals surface area contributed by atoms with Crippen molar-refractivity contribution < 1.29 is 0 Å². The van der Waals surface area contributed by atoms with Gasteiger partial charge in [-0.1, -0.05) is 30.1 Å². The Kier molecular flexibility index (Phi) is 5.37. The summed E-state index contributed by atoms with van der Waals surface area (Å²) in [7, 11) is 0. The van der Waals surface area contributed by atoms with Crippen LogP contribution in [0.25, 0.3) is 0 Å². The lowest BCUT2D eigenvalue weighted by atomic mass is 10.0. The van der Waals surface area contributed by atoms with Crippen molar-refractivity contribution in [3.63, 3.8) is 0 Å². The zero-order valence-electron chi connectivity index (χ0n) is 11.6. The van der Waals surface area contributed by atoms with E-state index < -0.39 is 0 Å². The molecule has 1 aromatic rings. The summed E-state index contributed by atoms with van der Waals surface area (Å²) in [5, 5.41) is 4.85. The van der Waals surface area contributed by atoms with Crippen LogP contribution < -0.4 is 10.2 Å². The molecule has 0 radical (unpaired) electrons. The monoisotopic (exact) mass is 300 g/mol. The third-order valence-corrected chi connectivity index (χ3v) is 4.35. The van der Waals surface area contributed by atoms with Crippen LogP contribution in [0.1, 0.15) is 33.1 Å². The number of hydrogen-bond donors (Lipinski definition) is 1. The average Bonchev–Trinajstić information content (AvgIpc) is 2.39. The van der Waals surface area contributed by atoms with Gasteiger partial charge in [-0.3, -0.25) is 0 Å². The molecule has 1 saturated heterocycles. The maximum atomic E-state index is 6.16. The van der Waals surface area contributed by atoms with E-state index in [2.05, 4.69) is 24.1 Å². The fraction of sp³-hybridized carbons (Fsp3) is 0.600. The van der Waals surface area contributed by atoms with Crippen molar-refractivity contribution in [2.24, 2.45) is 0 Å². The Labute approximate surface area is 126 Å². The van der Waals surface area contributed by atoms with Gasteiger partial charge in [-0.05, 0) is 57.5 Å². The molecule has 0 aromatic heterocycles. The molecule has 2 rings (SSSR count). The van der Waals surface area contributed by atoms with Crippen LogP contribution in [0.2, 0.25) is 10.0 Å². The van der Waals surface area contributed by atoms with Gasteiger partial charge in [0.25, 0.3) is 0 Å². The Morgan fingerprint density at radius 3 is 2.32 bits per heavy atom. The van der Waals surface area contributed by atoms with E-state index in [1.165, 1.54) is 12.8 Å². The van der Waals surface area contributed by atoms with E-state index in [0.29, 0.717) is 22.1 Å². The highest BCUT2D eigenvalue weighted by Gasteiger charge is 2.25. The van der Waals surface area contributed by atoms with Crippen molar-refractivity contribution in [1.29, 1.82) is 0 Å². The average molecular weight is 301 g/mol. The van der Waals surface area contributed by atoms with Gasteiger partial charge in [0.1, 0.15) is 0 Å². The minimum Gasteiger partial charge on any atom is -0.366 e. The van der Waals surface area contributed by atoms with Crippen LogP contribution in [0.3, 0.4) is 0 Å². The van der Waals surface area contributed by atoms with E-state index in [9.17, 15) is 0 Å². The van der Waals surface area contributed by atoms with Crippen LogP contribution in [-0.4, -0.2) is 25.2 Å². The SMILES string of the molecule is CCC(C)N(c1cc(Cl)cc(Cl)c1)C1CCNCC1. The molecule has 1 aliphatic rings. The first kappa shape index (κ1) is 15.0. The normalized spacial score (nSPS) is 18.3. The van der Waals surface area contributed by atoms with E-state index in [4.69, 9.17) is 23.2 Å². The second kappa shape index (κ2) is 6.83. The lowest BCUT2D eigenvalue weighted by Crippen LogP contribution is -2.47. The molecule has 1 heterocycles. The molecule has 4 heteroatoms. The highest BCUT2D eigenvalue weighted by Crippen LogP contribution is 2.30. The highest BCUT2D eigenvalue weighted by atomic mass is 35.5. The number of rotatable bonds is 4. The van der Waals surface area contributed by atoms with Crippen LogP contribution in [0.4, 0.5) is 5.69 Å². The molecular formula is C15H22Cl2N2. The number of halogens is 2. The zero-order valence-corrected chi connectivity index (χ0v) is 13.1. The van der Waals surface area contributed by atoms with Crippen LogP contribution in [0, 0.1) is 0 Å². The number of hydrogen-bond acceptors (Lipinski definition) is 2. The molecule has 106 valence electrons. The number of nitrogens with zero attached hydrogens (tertiary/aromatic N) is 1. The summed E-state index contributed by atoms with van der Waals surface area (Å²) < 4.78 is 0. The third-order valence-electron chi connectivity index (χ3n) is 3.91. The molecule has 1 N–H and O–H groups in total. The van der Waals surface area contributed by atoms with Gasteiger partial charge in [0.05, 0.1) is 0 Å². The summed E-state index contributed by atoms with van der Waals surface area (Å²) >= 11 is 12.3. The Morgan fingerprint density at radius 1 is 1.21 bits per heavy atom. The molecule has 0 amide bonds. The topological polar surface area (TPSA) is 15.3 Å². The van der Waals surface area contributed by atoms with Crippen molar-refractivity contribution in [2.45, 2.75) is 45.2 Å². The zero-order chi connectivity index (χ0) is 13.8. The molecule has 1 aliphatic heterocycles. The molecule has 19 heavy (non-hydrogen) atoms. The van der Waals surface area contributed by atoms with Gasteiger partial charge in [0.15, 0.2) is 0 Å². The Morgan fingerprint density at radius 2 is 1.79 bits per heavy atom. The largest absolute Gasteiger partial charge is 0.366 e. The van der Waals surface area contributed by atoms with Gasteiger partial charge >= 0.3 is 0 Å². The maximum Gasteiger partial charge on any atom is 0.0441 e. The number of benzene rings is 1. The Balaban J connectivity index is 2.30. The first-order valence-electron chi connectivity index (χ1n) is 7.07. The lowest BCUT2D eigenvalue weighted by Gasteiger charge is -2.40. The van der Waals surface area contributed by atoms with Crippen molar-refractivity contribution in [1.82, 2.24) is 5.32 Å². The van der Waals surface area contributed by atoms with Gasteiger partial charge in [-0.15, -0.1) is 0 Å². The summed E-state index contributed by atoms with van der Waals surface area (Å²) in [5.41, 5.74) is 1.15. The highest BCUT2D eigenvalue weighted by molar-refractivity contribution is 6.35. The fourth-order valence-corrected chi connectivity index (χ4v) is 3.31. The minimum atomic E-state index is 0.498. The summed E-state index contributed by atoms with van der Waals surface area (Å²) in [6.07, 6.45) is 3.47. The second-order valence-electron chi connectivity index (χ2n) is 5.27. The quantitative estimate of drug-likeness (QED) is 0.889. The van der Waals surface area contributed by atoms with Gasteiger partial charge < -0.3 is 10.2 Å². The molecule has 2 nitrogen and oxygen atoms in total. The van der Waals surface area contributed by atoms with E-state index in [-0.39, 0.29) is 0 Å². The van der Waals surface area contributed by atoms with Crippen LogP contribution in [0.15, 0.2) is 18.2 Å². The smallest absolute Gasteiger partial charge is 0.0441 e. The van der Waals surface area contributed by atoms with Gasteiger partial charge in [0.2, 0.25) is 0 Å². The molecular weight excluding hydrogens is 279 g/mol. The van der Waals surface area contributed by atoms with Crippen LogP contribution in [-0.2, 0) is 0 Å². The molecule has 0 saturated carbocycles. The van der Waals surface area contributed by atoms with E-state index >= 15 is 0 Å². The maximum absolute atomic E-state index is 6.16. The fourth-order valence-electron chi connectivity index (χ4n) is 2.80. The predicted octanol–water partition coefficient (Wildman–Crippen LogP) is 4.35. The lowest BCUT2D eigenvalue weighted by molar-refractivity contribution is 0.403. The van der Waals surface area contributed by atoms with Crippen molar-refractivity contribution in [2.75, 3.05) is 18.0 Å². The first-order chi connectivity index (χ1) is 9.11. The number of piperidine rings is 1. The van der Waals surface area contributed by atoms with Gasteiger partial charge in [-0.25, -0.2) is 0 Å². The standard InChI is InChI=1S/C15H22Cl2N2/c1-3-11(2)19(14-4-6-18-7-5-14)15-9-12(16)8-13(17)10-15/h8-11,14,18H,3-7H2,1-2H3. The van der Waals surface area contributed by atoms with E-state index in [0.717, 1.165) is 25.2 Å². The summed E-state index contributed by atoms with van der Waals surface area (Å²) in [4.78, 5) is 2.50. The second-order valence-corrected chi connectivity index (χ2v) is 6.15. The summed E-state index contributed by atoms with van der Waals surface area (Å²) in [6, 6.07) is 6.93. The predicted molar refractivity (Wildman–Crippen MR) is 84.6 cm³/mol. The van der Waals surface area contributed by atoms with Crippen molar-refractivity contribution >= 4 is 28.9 Å². The van der Waals surface area contributed by atoms with Crippen molar-refractivity contribution in [3.8, 4) is 0 Å². The van der Waals surface area contributed by atoms with Crippen molar-refractivity contribution in [3.05, 3.63) is 28.2 Å². The molecule has 1 atom stereocenters. The summed E-state index contributed by atoms with van der Waals surface area (Å²) in [5.74, 6) is 0. The third kappa shape index (κ3) is 3.77. The molecule has 1 unspecified atom stereocenters. The molecule has 1 fully saturated rings. The van der Waals surface area contributed by atoms with E-state index in [1.54, 1.807) is 6.07 Å². The Hall–Kier alpha value is -0.440. The van der Waals surface area contributed by atoms with E-state index in [1.807, 2.05) is 12.1 Å².